The quantitative estimate of drug-likeness (QED) is 0.789. The van der Waals surface area contributed by atoms with Gasteiger partial charge < -0.3 is 20.1 Å². The minimum atomic E-state index is -0.965. The largest absolute Gasteiger partial charge is 0.481 e. The molecule has 3 rings (SSSR count). The Morgan fingerprint density at radius 2 is 1.78 bits per heavy atom. The minimum absolute atomic E-state index is 0.0871. The van der Waals surface area contributed by atoms with Gasteiger partial charge in [-0.3, -0.25) is 14.4 Å². The van der Waals surface area contributed by atoms with Crippen LogP contribution in [-0.4, -0.2) is 54.1 Å². The normalized spacial score (nSPS) is 22.3. The molecule has 7 heteroatoms. The number of nitrogens with zero attached hydrogens (tertiary/aromatic N) is 1. The van der Waals surface area contributed by atoms with E-state index in [0.717, 1.165) is 0 Å². The van der Waals surface area contributed by atoms with E-state index in [1.807, 2.05) is 6.08 Å². The van der Waals surface area contributed by atoms with E-state index < -0.39 is 17.8 Å². The summed E-state index contributed by atoms with van der Waals surface area (Å²) in [6.45, 7) is 3.92. The maximum Gasteiger partial charge on any atom is 0.307 e. The van der Waals surface area contributed by atoms with Crippen molar-refractivity contribution >= 4 is 23.5 Å². The second kappa shape index (κ2) is 8.35. The van der Waals surface area contributed by atoms with E-state index in [1.165, 1.54) is 0 Å². The van der Waals surface area contributed by atoms with Crippen LogP contribution in [0.2, 0.25) is 0 Å². The maximum absolute atomic E-state index is 12.8. The molecule has 0 spiro atoms. The number of hydrogen-bond acceptors (Lipinski definition) is 4. The molecule has 144 valence electrons. The average Bonchev–Trinajstić information content (AvgIpc) is 2.69. The van der Waals surface area contributed by atoms with Crippen molar-refractivity contribution in [2.45, 2.75) is 19.8 Å². The second-order valence-corrected chi connectivity index (χ2v) is 6.87. The van der Waals surface area contributed by atoms with Crippen molar-refractivity contribution in [2.75, 3.05) is 31.6 Å². The number of carbonyl (C=O) groups is 3. The third-order valence-electron chi connectivity index (χ3n) is 5.21. The number of anilines is 1. The van der Waals surface area contributed by atoms with Gasteiger partial charge in [0.25, 0.3) is 5.91 Å². The number of morpholine rings is 1. The zero-order chi connectivity index (χ0) is 19.4. The zero-order valence-corrected chi connectivity index (χ0v) is 15.3. The number of carboxylic acid groups (broad SMARTS) is 1. The molecule has 2 atom stereocenters. The Morgan fingerprint density at radius 3 is 2.44 bits per heavy atom. The summed E-state index contributed by atoms with van der Waals surface area (Å²) in [4.78, 5) is 38.6. The summed E-state index contributed by atoms with van der Waals surface area (Å²) in [6.07, 6.45) is 4.39. The maximum atomic E-state index is 12.8. The van der Waals surface area contributed by atoms with Crippen LogP contribution in [0.5, 0.6) is 0 Å². The van der Waals surface area contributed by atoms with Gasteiger partial charge in [0.05, 0.1) is 25.0 Å². The number of ether oxygens (including phenoxy) is 1. The fourth-order valence-corrected chi connectivity index (χ4v) is 3.54. The van der Waals surface area contributed by atoms with Gasteiger partial charge in [0.15, 0.2) is 0 Å². The summed E-state index contributed by atoms with van der Waals surface area (Å²) < 4.78 is 5.28. The zero-order valence-electron chi connectivity index (χ0n) is 15.3. The van der Waals surface area contributed by atoms with E-state index in [0.29, 0.717) is 56.0 Å². The number of benzene rings is 1. The predicted octanol–water partition coefficient (Wildman–Crippen LogP) is 2.07. The Balaban J connectivity index is 1.77. The van der Waals surface area contributed by atoms with Crippen molar-refractivity contribution in [3.05, 3.63) is 41.5 Å². The van der Waals surface area contributed by atoms with Gasteiger partial charge >= 0.3 is 5.97 Å². The molecule has 2 aliphatic rings. The van der Waals surface area contributed by atoms with Crippen LogP contribution >= 0.6 is 0 Å². The first kappa shape index (κ1) is 19.1. The van der Waals surface area contributed by atoms with Crippen LogP contribution in [0, 0.1) is 18.8 Å². The van der Waals surface area contributed by atoms with Crippen molar-refractivity contribution in [3.8, 4) is 0 Å². The Hall–Kier alpha value is -2.67. The molecule has 1 fully saturated rings. The Kier molecular flexibility index (Phi) is 5.91. The molecule has 0 aromatic heterocycles. The Labute approximate surface area is 158 Å². The van der Waals surface area contributed by atoms with E-state index in [9.17, 15) is 19.5 Å². The van der Waals surface area contributed by atoms with Gasteiger partial charge in [-0.15, -0.1) is 0 Å². The van der Waals surface area contributed by atoms with Crippen LogP contribution in [-0.2, 0) is 14.3 Å². The standard InChI is InChI=1S/C20H24N2O5/c1-13-14(19(24)22-9-11-27-12-10-22)7-4-8-17(13)21-18(23)15-5-2-3-6-16(15)20(25)26/h2-4,7-8,15-16H,5-6,9-12H2,1H3,(H,21,23)(H,25,26)/t15-,16+/m0/s1. The molecule has 0 bridgehead atoms. The molecule has 1 aromatic rings. The second-order valence-electron chi connectivity index (χ2n) is 6.87. The third-order valence-corrected chi connectivity index (χ3v) is 5.21. The number of amides is 2. The van der Waals surface area contributed by atoms with Crippen LogP contribution in [0.3, 0.4) is 0 Å². The number of allylic oxidation sites excluding steroid dienone is 2. The predicted molar refractivity (Wildman–Crippen MR) is 99.5 cm³/mol. The van der Waals surface area contributed by atoms with Gasteiger partial charge in [0.2, 0.25) is 5.91 Å². The van der Waals surface area contributed by atoms with Crippen LogP contribution in [0.1, 0.15) is 28.8 Å². The van der Waals surface area contributed by atoms with Crippen LogP contribution in [0.25, 0.3) is 0 Å². The number of aliphatic carboxylic acids is 1. The first-order chi connectivity index (χ1) is 13.0. The smallest absolute Gasteiger partial charge is 0.307 e. The molecule has 2 N–H and O–H groups in total. The highest BCUT2D eigenvalue weighted by atomic mass is 16.5. The highest BCUT2D eigenvalue weighted by Gasteiger charge is 2.34. The first-order valence-electron chi connectivity index (χ1n) is 9.14. The molecule has 1 heterocycles. The van der Waals surface area contributed by atoms with Crippen LogP contribution in [0.4, 0.5) is 5.69 Å². The lowest BCUT2D eigenvalue weighted by Gasteiger charge is -2.28. The molecule has 0 unspecified atom stereocenters. The minimum Gasteiger partial charge on any atom is -0.481 e. The number of hydrogen-bond donors (Lipinski definition) is 2. The first-order valence-corrected chi connectivity index (χ1v) is 9.14. The molecule has 2 amide bonds. The highest BCUT2D eigenvalue weighted by Crippen LogP contribution is 2.28. The summed E-state index contributed by atoms with van der Waals surface area (Å²) >= 11 is 0. The van der Waals surface area contributed by atoms with E-state index in [4.69, 9.17) is 4.74 Å². The molecular formula is C20H24N2O5. The van der Waals surface area contributed by atoms with Gasteiger partial charge in [0.1, 0.15) is 0 Å². The van der Waals surface area contributed by atoms with Crippen molar-refractivity contribution in [2.24, 2.45) is 11.8 Å². The van der Waals surface area contributed by atoms with E-state index in [-0.39, 0.29) is 11.8 Å². The SMILES string of the molecule is Cc1c(NC(=O)[C@H]2CC=CC[C@H]2C(=O)O)cccc1C(=O)N1CCOCC1. The van der Waals surface area contributed by atoms with Gasteiger partial charge in [-0.1, -0.05) is 18.2 Å². The topological polar surface area (TPSA) is 95.9 Å². The van der Waals surface area contributed by atoms with E-state index in [1.54, 1.807) is 36.1 Å². The van der Waals surface area contributed by atoms with Crippen molar-refractivity contribution in [1.29, 1.82) is 0 Å². The van der Waals surface area contributed by atoms with Gasteiger partial charge in [0, 0.05) is 24.3 Å². The molecule has 0 saturated carbocycles. The average molecular weight is 372 g/mol. The number of rotatable bonds is 4. The molecule has 0 radical (unpaired) electrons. The molecular weight excluding hydrogens is 348 g/mol. The van der Waals surface area contributed by atoms with E-state index in [2.05, 4.69) is 5.32 Å². The number of carboxylic acids is 1. The van der Waals surface area contributed by atoms with Gasteiger partial charge in [-0.25, -0.2) is 0 Å². The summed E-state index contributed by atoms with van der Waals surface area (Å²) in [6, 6.07) is 5.20. The lowest BCUT2D eigenvalue weighted by molar-refractivity contribution is -0.146. The van der Waals surface area contributed by atoms with Crippen molar-refractivity contribution in [3.63, 3.8) is 0 Å². The molecule has 1 aliphatic carbocycles. The van der Waals surface area contributed by atoms with Crippen LogP contribution < -0.4 is 5.32 Å². The van der Waals surface area contributed by atoms with Gasteiger partial charge in [-0.2, -0.15) is 0 Å². The fourth-order valence-electron chi connectivity index (χ4n) is 3.54. The molecule has 1 saturated heterocycles. The van der Waals surface area contributed by atoms with Crippen molar-refractivity contribution in [1.82, 2.24) is 4.90 Å². The van der Waals surface area contributed by atoms with Crippen LogP contribution in [0.15, 0.2) is 30.4 Å². The Morgan fingerprint density at radius 1 is 1.11 bits per heavy atom. The van der Waals surface area contributed by atoms with Crippen molar-refractivity contribution < 1.29 is 24.2 Å². The fraction of sp³-hybridized carbons (Fsp3) is 0.450. The lowest BCUT2D eigenvalue weighted by atomic mass is 9.82. The number of carbonyl (C=O) groups excluding carboxylic acids is 2. The molecule has 7 nitrogen and oxygen atoms in total. The van der Waals surface area contributed by atoms with E-state index >= 15 is 0 Å². The lowest BCUT2D eigenvalue weighted by Crippen LogP contribution is -2.41. The Bertz CT molecular complexity index is 768. The molecule has 27 heavy (non-hydrogen) atoms. The summed E-state index contributed by atoms with van der Waals surface area (Å²) in [5.41, 5.74) is 1.76. The summed E-state index contributed by atoms with van der Waals surface area (Å²) in [5, 5.41) is 12.2. The number of nitrogens with one attached hydrogen (secondary N) is 1. The summed E-state index contributed by atoms with van der Waals surface area (Å²) in [5.74, 6) is -2.73. The molecule has 1 aliphatic heterocycles. The highest BCUT2D eigenvalue weighted by molar-refractivity contribution is 6.00. The third kappa shape index (κ3) is 4.19. The summed E-state index contributed by atoms with van der Waals surface area (Å²) in [7, 11) is 0. The molecule has 1 aromatic carbocycles. The monoisotopic (exact) mass is 372 g/mol. The van der Waals surface area contributed by atoms with Gasteiger partial charge in [-0.05, 0) is 37.5 Å².